The molecule has 17 heteroatoms. The Hall–Kier alpha value is -5.88. The zero-order valence-corrected chi connectivity index (χ0v) is 55.5. The molecule has 5 aromatic carbocycles. The molecule has 0 fully saturated rings. The quantitative estimate of drug-likeness (QED) is 0.0364. The third kappa shape index (κ3) is 38.0. The molecule has 4 radical (unpaired) electrons. The number of aromatic carboxylic acids is 1. The van der Waals surface area contributed by atoms with E-state index >= 15 is 0 Å². The molecule has 0 aliphatic carbocycles. The summed E-state index contributed by atoms with van der Waals surface area (Å²) >= 11 is 0. The van der Waals surface area contributed by atoms with E-state index in [2.05, 4.69) is 79.5 Å². The second-order valence-corrected chi connectivity index (χ2v) is 18.5. The van der Waals surface area contributed by atoms with Gasteiger partial charge in [0, 0.05) is 115 Å². The van der Waals surface area contributed by atoms with Crippen LogP contribution in [0, 0.1) is 24.3 Å². The van der Waals surface area contributed by atoms with Gasteiger partial charge in [-0.1, -0.05) is 54.6 Å². The number of benzene rings is 5. The average Bonchev–Trinajstić information content (AvgIpc) is 3.67. The molecule has 0 bridgehead atoms. The summed E-state index contributed by atoms with van der Waals surface area (Å²) in [6, 6.07) is 73.0. The molecule has 7 N–H and O–H groups in total. The molecule has 0 saturated carbocycles. The molecule has 10 aromatic rings. The van der Waals surface area contributed by atoms with Crippen LogP contribution >= 0.6 is 0 Å². The fourth-order valence-corrected chi connectivity index (χ4v) is 7.09. The minimum Gasteiger partial charge on any atom is -0.477 e. The number of pyridine rings is 5. The molecule has 6 atom stereocenters. The number of aliphatic hydroxyl groups is 6. The summed E-state index contributed by atoms with van der Waals surface area (Å²) < 4.78 is 0. The fraction of sp³-hybridized carbons (Fsp3) is 0.235. The maximum Gasteiger partial charge on any atom is 0.354 e. The van der Waals surface area contributed by atoms with E-state index in [0.717, 1.165) is 45.5 Å². The van der Waals surface area contributed by atoms with E-state index < -0.39 is 5.97 Å². The minimum atomic E-state index is -0.990. The average molecular weight is 1590 g/mol. The number of carbonyl (C=O) groups is 1. The van der Waals surface area contributed by atoms with Crippen molar-refractivity contribution >= 4 is 27.6 Å². The van der Waals surface area contributed by atoms with Gasteiger partial charge < -0.3 is 50.7 Å². The molecule has 0 spiro atoms. The SMILES string of the molecule is CC(O)CC(C)O.CC(O)CC(C)O.CC(O)CC(C)O.O=C(O)c1ccccn1.[Ir].[Rh].[Rh].[Rh].[c-]1cccc2ccc3cccnc3c12.[c-]1ccccc1-c1ccccn1.[c-]1ccccc1-c1ccccn1.[c-]1ccccc1Cc1ccccn1. The molecule has 0 aliphatic heterocycles. The predicted molar refractivity (Wildman–Crippen MR) is 323 cm³/mol. The van der Waals surface area contributed by atoms with Gasteiger partial charge in [-0.2, -0.15) is 35.9 Å². The van der Waals surface area contributed by atoms with E-state index in [0.29, 0.717) is 19.3 Å². The van der Waals surface area contributed by atoms with Gasteiger partial charge in [-0.15, -0.1) is 107 Å². The summed E-state index contributed by atoms with van der Waals surface area (Å²) in [6.45, 7) is 9.96. The summed E-state index contributed by atoms with van der Waals surface area (Å²) in [5.74, 6) is -0.990. The molecule has 0 aliphatic rings. The van der Waals surface area contributed by atoms with E-state index in [1.54, 1.807) is 66.1 Å². The van der Waals surface area contributed by atoms with Crippen LogP contribution in [-0.2, 0) is 85.0 Å². The van der Waals surface area contributed by atoms with Gasteiger partial charge in [0.05, 0.1) is 36.6 Å². The number of rotatable bonds is 11. The van der Waals surface area contributed by atoms with Gasteiger partial charge in [0.2, 0.25) is 0 Å². The Labute approximate surface area is 553 Å². The largest absolute Gasteiger partial charge is 0.477 e. The third-order valence-corrected chi connectivity index (χ3v) is 10.5. The summed E-state index contributed by atoms with van der Waals surface area (Å²) in [7, 11) is 0. The standard InChI is InChI=1S/C13H8N.C12H10N.2C11H8N.C6H5NO2.3C5H12O2.Ir.3Rh/c1-2-6-12-10(4-1)7-8-11-5-3-9-14-13(11)12;1-2-6-11(7-3-1)10-12-8-4-5-9-13-12;2*1-2-6-10(7-3-1)11-8-4-5-9-12-11;8-6(9)5-3-1-2-4-7-5;3*1-4(6)3-5(2)7;;;;/h1-5,7-9H;1-6,8-9H,10H2;2*1-6,8-9H;1-4H,(H,8,9);3*4-7H,3H2,1-2H3;;;;/q4*-1;;;;;;;;. The Morgan fingerprint density at radius 2 is 0.800 bits per heavy atom. The molecule has 85 heavy (non-hydrogen) atoms. The molecular weight excluding hydrogens is 1520 g/mol. The first-order chi connectivity index (χ1) is 39.0. The number of hydrogen-bond donors (Lipinski definition) is 7. The summed E-state index contributed by atoms with van der Waals surface area (Å²) in [5, 5.41) is 63.2. The van der Waals surface area contributed by atoms with Gasteiger partial charge in [-0.05, 0) is 132 Å². The van der Waals surface area contributed by atoms with Crippen molar-refractivity contribution in [3.05, 3.63) is 260 Å². The summed E-state index contributed by atoms with van der Waals surface area (Å²) in [5.41, 5.74) is 7.40. The smallest absolute Gasteiger partial charge is 0.354 e. The first-order valence-corrected chi connectivity index (χ1v) is 26.5. The van der Waals surface area contributed by atoms with E-state index in [1.807, 2.05) is 152 Å². The molecule has 0 amide bonds. The molecule has 0 saturated heterocycles. The Kier molecular flexibility index (Phi) is 47.0. The van der Waals surface area contributed by atoms with Crippen molar-refractivity contribution in [2.75, 3.05) is 0 Å². The summed E-state index contributed by atoms with van der Waals surface area (Å²) in [6.07, 6.45) is 8.69. The van der Waals surface area contributed by atoms with E-state index in [9.17, 15) is 4.79 Å². The molecule has 13 nitrogen and oxygen atoms in total. The molecule has 460 valence electrons. The molecular formula is C68H75IrN5O8Rh3-4. The van der Waals surface area contributed by atoms with Crippen molar-refractivity contribution in [2.24, 2.45) is 0 Å². The van der Waals surface area contributed by atoms with Gasteiger partial charge in [0.15, 0.2) is 0 Å². The van der Waals surface area contributed by atoms with E-state index in [4.69, 9.17) is 35.7 Å². The fourth-order valence-electron chi connectivity index (χ4n) is 7.09. The van der Waals surface area contributed by atoms with Gasteiger partial charge in [0.25, 0.3) is 0 Å². The number of carboxylic acids is 1. The van der Waals surface area contributed by atoms with Gasteiger partial charge in [-0.3, -0.25) is 4.98 Å². The van der Waals surface area contributed by atoms with Crippen LogP contribution in [0.1, 0.15) is 82.6 Å². The minimum absolute atomic E-state index is 0. The van der Waals surface area contributed by atoms with E-state index in [-0.39, 0.29) is 121 Å². The molecule has 5 heterocycles. The third-order valence-electron chi connectivity index (χ3n) is 10.5. The van der Waals surface area contributed by atoms with Gasteiger partial charge in [0.1, 0.15) is 5.69 Å². The summed E-state index contributed by atoms with van der Waals surface area (Å²) in [4.78, 5) is 30.8. The maximum absolute atomic E-state index is 10.1. The Morgan fingerprint density at radius 3 is 1.16 bits per heavy atom. The van der Waals surface area contributed by atoms with Crippen LogP contribution < -0.4 is 0 Å². The van der Waals surface area contributed by atoms with Crippen LogP contribution in [0.4, 0.5) is 0 Å². The normalized spacial score (nSPS) is 11.6. The van der Waals surface area contributed by atoms with Crippen LogP contribution in [0.3, 0.4) is 0 Å². The number of nitrogens with zero attached hydrogens (tertiary/aromatic N) is 5. The van der Waals surface area contributed by atoms with Crippen molar-refractivity contribution in [3.63, 3.8) is 0 Å². The maximum atomic E-state index is 10.1. The van der Waals surface area contributed by atoms with Crippen molar-refractivity contribution in [3.8, 4) is 22.5 Å². The number of carboxylic acid groups (broad SMARTS) is 1. The number of aliphatic hydroxyl groups excluding tert-OH is 6. The predicted octanol–water partition coefficient (Wildman–Crippen LogP) is 11.9. The van der Waals surface area contributed by atoms with Crippen LogP contribution in [0.25, 0.3) is 44.2 Å². The van der Waals surface area contributed by atoms with Crippen LogP contribution in [0.5, 0.6) is 0 Å². The van der Waals surface area contributed by atoms with E-state index in [1.165, 1.54) is 28.6 Å². The number of aromatic nitrogens is 5. The van der Waals surface area contributed by atoms with Crippen molar-refractivity contribution in [1.29, 1.82) is 0 Å². The monoisotopic (exact) mass is 1590 g/mol. The van der Waals surface area contributed by atoms with Crippen LogP contribution in [0.2, 0.25) is 0 Å². The van der Waals surface area contributed by atoms with Crippen molar-refractivity contribution in [1.82, 2.24) is 24.9 Å². The molecule has 5 aromatic heterocycles. The molecule has 10 rings (SSSR count). The number of hydrogen-bond acceptors (Lipinski definition) is 12. The second kappa shape index (κ2) is 49.3. The second-order valence-electron chi connectivity index (χ2n) is 18.5. The Morgan fingerprint density at radius 1 is 0.400 bits per heavy atom. The Bertz CT molecular complexity index is 2860. The number of fused-ring (bicyclic) bond motifs is 3. The molecule has 6 unspecified atom stereocenters. The Balaban J connectivity index is 0. The zero-order chi connectivity index (χ0) is 59.0. The zero-order valence-electron chi connectivity index (χ0n) is 48.2. The topological polar surface area (TPSA) is 223 Å². The van der Waals surface area contributed by atoms with Gasteiger partial charge >= 0.3 is 5.97 Å². The van der Waals surface area contributed by atoms with Crippen LogP contribution in [-0.4, -0.2) is 103 Å². The first kappa shape index (κ1) is 81.2. The van der Waals surface area contributed by atoms with Crippen LogP contribution in [0.15, 0.2) is 219 Å². The first-order valence-electron chi connectivity index (χ1n) is 26.5. The van der Waals surface area contributed by atoms with Gasteiger partial charge in [-0.25, -0.2) is 9.78 Å². The van der Waals surface area contributed by atoms with Crippen molar-refractivity contribution in [2.45, 2.75) is 104 Å². The van der Waals surface area contributed by atoms with Crippen molar-refractivity contribution < 1.29 is 119 Å².